The number of aryl methyl sites for hydroxylation is 2. The van der Waals surface area contributed by atoms with Crippen molar-refractivity contribution in [3.05, 3.63) is 36.3 Å². The standard InChI is InChI=1S/C10H11N3/c1-8-5-9(7-11-6-8)10-3-4-13(2)12-10/h3-7H,1-2H3. The summed E-state index contributed by atoms with van der Waals surface area (Å²) in [5.74, 6) is 0. The van der Waals surface area contributed by atoms with Crippen LogP contribution in [-0.2, 0) is 7.05 Å². The molecule has 2 heterocycles. The molecule has 0 N–H and O–H groups in total. The van der Waals surface area contributed by atoms with Crippen molar-refractivity contribution in [3.8, 4) is 11.3 Å². The van der Waals surface area contributed by atoms with Gasteiger partial charge in [-0.15, -0.1) is 0 Å². The van der Waals surface area contributed by atoms with Gasteiger partial charge < -0.3 is 0 Å². The van der Waals surface area contributed by atoms with Gasteiger partial charge in [0.15, 0.2) is 0 Å². The van der Waals surface area contributed by atoms with Crippen molar-refractivity contribution in [2.45, 2.75) is 6.92 Å². The maximum Gasteiger partial charge on any atom is 0.0938 e. The Kier molecular flexibility index (Phi) is 1.85. The fraction of sp³-hybridized carbons (Fsp3) is 0.200. The van der Waals surface area contributed by atoms with Gasteiger partial charge in [0, 0.05) is 31.2 Å². The number of aromatic nitrogens is 3. The van der Waals surface area contributed by atoms with Gasteiger partial charge in [0.1, 0.15) is 0 Å². The van der Waals surface area contributed by atoms with Crippen LogP contribution in [-0.4, -0.2) is 14.8 Å². The minimum Gasteiger partial charge on any atom is -0.275 e. The molecule has 13 heavy (non-hydrogen) atoms. The Morgan fingerprint density at radius 1 is 1.31 bits per heavy atom. The van der Waals surface area contributed by atoms with Gasteiger partial charge in [-0.1, -0.05) is 0 Å². The van der Waals surface area contributed by atoms with Crippen LogP contribution in [0.25, 0.3) is 11.3 Å². The largest absolute Gasteiger partial charge is 0.275 e. The molecule has 0 aliphatic heterocycles. The normalized spacial score (nSPS) is 10.3. The lowest BCUT2D eigenvalue weighted by Crippen LogP contribution is -1.88. The Balaban J connectivity index is 2.46. The highest BCUT2D eigenvalue weighted by Gasteiger charge is 2.00. The van der Waals surface area contributed by atoms with Gasteiger partial charge in [-0.2, -0.15) is 5.10 Å². The van der Waals surface area contributed by atoms with Gasteiger partial charge >= 0.3 is 0 Å². The molecule has 0 bridgehead atoms. The molecule has 0 aliphatic carbocycles. The van der Waals surface area contributed by atoms with Crippen molar-refractivity contribution in [2.75, 3.05) is 0 Å². The molecule has 0 aromatic carbocycles. The molecule has 0 saturated heterocycles. The van der Waals surface area contributed by atoms with E-state index >= 15 is 0 Å². The quantitative estimate of drug-likeness (QED) is 0.658. The fourth-order valence-corrected chi connectivity index (χ4v) is 1.26. The minimum atomic E-state index is 0.971. The highest BCUT2D eigenvalue weighted by atomic mass is 15.2. The van der Waals surface area contributed by atoms with Crippen molar-refractivity contribution in [1.82, 2.24) is 14.8 Å². The summed E-state index contributed by atoms with van der Waals surface area (Å²) in [7, 11) is 1.91. The van der Waals surface area contributed by atoms with Crippen LogP contribution in [0.3, 0.4) is 0 Å². The highest BCUT2D eigenvalue weighted by molar-refractivity contribution is 5.57. The zero-order chi connectivity index (χ0) is 9.26. The average Bonchev–Trinajstić information content (AvgIpc) is 2.52. The van der Waals surface area contributed by atoms with E-state index in [1.54, 1.807) is 4.68 Å². The SMILES string of the molecule is Cc1cncc(-c2ccn(C)n2)c1. The number of hydrogen-bond acceptors (Lipinski definition) is 2. The van der Waals surface area contributed by atoms with Crippen molar-refractivity contribution in [1.29, 1.82) is 0 Å². The predicted octanol–water partition coefficient (Wildman–Crippen LogP) is 1.79. The summed E-state index contributed by atoms with van der Waals surface area (Å²) in [4.78, 5) is 4.12. The summed E-state index contributed by atoms with van der Waals surface area (Å²) >= 11 is 0. The van der Waals surface area contributed by atoms with Crippen LogP contribution >= 0.6 is 0 Å². The Hall–Kier alpha value is -1.64. The van der Waals surface area contributed by atoms with E-state index in [9.17, 15) is 0 Å². The van der Waals surface area contributed by atoms with E-state index in [4.69, 9.17) is 0 Å². The summed E-state index contributed by atoms with van der Waals surface area (Å²) in [6.45, 7) is 2.03. The Labute approximate surface area is 77.0 Å². The van der Waals surface area contributed by atoms with Crippen molar-refractivity contribution in [3.63, 3.8) is 0 Å². The maximum atomic E-state index is 4.30. The molecule has 0 atom stereocenters. The third-order valence-electron chi connectivity index (χ3n) is 1.88. The Morgan fingerprint density at radius 2 is 2.15 bits per heavy atom. The fourth-order valence-electron chi connectivity index (χ4n) is 1.26. The van der Waals surface area contributed by atoms with E-state index in [1.807, 2.05) is 38.6 Å². The van der Waals surface area contributed by atoms with E-state index in [1.165, 1.54) is 0 Å². The second-order valence-electron chi connectivity index (χ2n) is 3.13. The van der Waals surface area contributed by atoms with Crippen molar-refractivity contribution in [2.24, 2.45) is 7.05 Å². The number of rotatable bonds is 1. The third kappa shape index (κ3) is 1.59. The average molecular weight is 173 g/mol. The van der Waals surface area contributed by atoms with E-state index in [-0.39, 0.29) is 0 Å². The molecular formula is C10H11N3. The lowest BCUT2D eigenvalue weighted by atomic mass is 10.2. The van der Waals surface area contributed by atoms with Gasteiger partial charge in [-0.05, 0) is 24.6 Å². The lowest BCUT2D eigenvalue weighted by molar-refractivity contribution is 0.771. The molecule has 0 aliphatic rings. The molecule has 0 spiro atoms. The summed E-state index contributed by atoms with van der Waals surface area (Å²) in [5, 5.41) is 4.30. The molecule has 0 saturated carbocycles. The predicted molar refractivity (Wildman–Crippen MR) is 51.2 cm³/mol. The monoisotopic (exact) mass is 173 g/mol. The van der Waals surface area contributed by atoms with E-state index in [0.29, 0.717) is 0 Å². The van der Waals surface area contributed by atoms with Crippen LogP contribution in [0, 0.1) is 6.92 Å². The molecule has 2 aromatic heterocycles. The lowest BCUT2D eigenvalue weighted by Gasteiger charge is -1.96. The summed E-state index contributed by atoms with van der Waals surface area (Å²) in [6.07, 6.45) is 5.60. The topological polar surface area (TPSA) is 30.7 Å². The van der Waals surface area contributed by atoms with Crippen LogP contribution in [0.5, 0.6) is 0 Å². The molecular weight excluding hydrogens is 162 g/mol. The first-order valence-electron chi connectivity index (χ1n) is 4.17. The summed E-state index contributed by atoms with van der Waals surface area (Å²) in [6, 6.07) is 4.06. The molecule has 0 amide bonds. The molecule has 0 radical (unpaired) electrons. The first-order valence-corrected chi connectivity index (χ1v) is 4.17. The third-order valence-corrected chi connectivity index (χ3v) is 1.88. The Morgan fingerprint density at radius 3 is 2.77 bits per heavy atom. The second kappa shape index (κ2) is 3.01. The zero-order valence-corrected chi connectivity index (χ0v) is 7.73. The van der Waals surface area contributed by atoms with Gasteiger partial charge in [0.2, 0.25) is 0 Å². The Bertz CT molecular complexity index is 418. The molecule has 2 aromatic rings. The van der Waals surface area contributed by atoms with E-state index < -0.39 is 0 Å². The van der Waals surface area contributed by atoms with E-state index in [2.05, 4.69) is 16.1 Å². The number of nitrogens with zero attached hydrogens (tertiary/aromatic N) is 3. The van der Waals surface area contributed by atoms with E-state index in [0.717, 1.165) is 16.8 Å². The van der Waals surface area contributed by atoms with Gasteiger partial charge in [0.25, 0.3) is 0 Å². The maximum absolute atomic E-state index is 4.30. The number of pyridine rings is 1. The summed E-state index contributed by atoms with van der Waals surface area (Å²) < 4.78 is 1.79. The van der Waals surface area contributed by atoms with Gasteiger partial charge in [0.05, 0.1) is 5.69 Å². The molecule has 2 rings (SSSR count). The molecule has 0 fully saturated rings. The van der Waals surface area contributed by atoms with Crippen LogP contribution < -0.4 is 0 Å². The smallest absolute Gasteiger partial charge is 0.0938 e. The zero-order valence-electron chi connectivity index (χ0n) is 7.73. The van der Waals surface area contributed by atoms with Crippen molar-refractivity contribution < 1.29 is 0 Å². The van der Waals surface area contributed by atoms with Crippen LogP contribution in [0.1, 0.15) is 5.56 Å². The van der Waals surface area contributed by atoms with Gasteiger partial charge in [-0.3, -0.25) is 9.67 Å². The van der Waals surface area contributed by atoms with Crippen LogP contribution in [0.2, 0.25) is 0 Å². The number of hydrogen-bond donors (Lipinski definition) is 0. The molecule has 3 nitrogen and oxygen atoms in total. The second-order valence-corrected chi connectivity index (χ2v) is 3.13. The van der Waals surface area contributed by atoms with Crippen LogP contribution in [0.4, 0.5) is 0 Å². The minimum absolute atomic E-state index is 0.971. The highest BCUT2D eigenvalue weighted by Crippen LogP contribution is 2.15. The van der Waals surface area contributed by atoms with Crippen LogP contribution in [0.15, 0.2) is 30.7 Å². The first kappa shape index (κ1) is 7.98. The molecule has 3 heteroatoms. The summed E-state index contributed by atoms with van der Waals surface area (Å²) in [5.41, 5.74) is 3.20. The van der Waals surface area contributed by atoms with Gasteiger partial charge in [-0.25, -0.2) is 0 Å². The van der Waals surface area contributed by atoms with Crippen molar-refractivity contribution >= 4 is 0 Å². The molecule has 66 valence electrons. The molecule has 0 unspecified atom stereocenters. The first-order chi connectivity index (χ1) is 6.25.